The third kappa shape index (κ3) is 1.46. The first-order valence-corrected chi connectivity index (χ1v) is 3.84. The number of hydrogen-bond donors (Lipinski definition) is 0. The third-order valence-corrected chi connectivity index (χ3v) is 2.19. The van der Waals surface area contributed by atoms with E-state index in [9.17, 15) is 4.91 Å². The second-order valence-electron chi connectivity index (χ2n) is 3.24. The molecule has 0 N–H and O–H groups in total. The second kappa shape index (κ2) is 2.99. The van der Waals surface area contributed by atoms with Crippen molar-refractivity contribution in [3.63, 3.8) is 0 Å². The van der Waals surface area contributed by atoms with Crippen LogP contribution in [-0.2, 0) is 0 Å². The van der Waals surface area contributed by atoms with Gasteiger partial charge in [0, 0.05) is 12.6 Å². The highest BCUT2D eigenvalue weighted by molar-refractivity contribution is 4.73. The Bertz CT molecular complexity index is 127. The second-order valence-corrected chi connectivity index (χ2v) is 3.24. The SMILES string of the molecule is CC1CCC(C)N(N=O)C1. The summed E-state index contributed by atoms with van der Waals surface area (Å²) in [6.07, 6.45) is 2.33. The van der Waals surface area contributed by atoms with E-state index in [2.05, 4.69) is 12.2 Å². The van der Waals surface area contributed by atoms with Crippen LogP contribution in [-0.4, -0.2) is 17.6 Å². The van der Waals surface area contributed by atoms with Gasteiger partial charge in [-0.2, -0.15) is 0 Å². The van der Waals surface area contributed by atoms with Gasteiger partial charge in [-0.15, -0.1) is 4.91 Å². The van der Waals surface area contributed by atoms with Crippen LogP contribution in [0, 0.1) is 10.8 Å². The summed E-state index contributed by atoms with van der Waals surface area (Å²) >= 11 is 0. The molecule has 0 aromatic heterocycles. The van der Waals surface area contributed by atoms with E-state index in [0.717, 1.165) is 13.0 Å². The Morgan fingerprint density at radius 2 is 2.10 bits per heavy atom. The number of piperidine rings is 1. The fraction of sp³-hybridized carbons (Fsp3) is 1.00. The first-order chi connectivity index (χ1) is 4.74. The summed E-state index contributed by atoms with van der Waals surface area (Å²) in [5.74, 6) is 0.633. The van der Waals surface area contributed by atoms with Gasteiger partial charge in [-0.3, -0.25) is 5.01 Å². The predicted octanol–water partition coefficient (Wildman–Crippen LogP) is 1.79. The largest absolute Gasteiger partial charge is 0.258 e. The van der Waals surface area contributed by atoms with Crippen molar-refractivity contribution in [3.05, 3.63) is 4.91 Å². The monoisotopic (exact) mass is 142 g/mol. The van der Waals surface area contributed by atoms with Gasteiger partial charge in [0.15, 0.2) is 0 Å². The summed E-state index contributed by atoms with van der Waals surface area (Å²) < 4.78 is 0. The van der Waals surface area contributed by atoms with Gasteiger partial charge in [0.05, 0.1) is 5.29 Å². The Balaban J connectivity index is 2.45. The van der Waals surface area contributed by atoms with Crippen LogP contribution in [0.15, 0.2) is 5.29 Å². The van der Waals surface area contributed by atoms with E-state index in [1.165, 1.54) is 6.42 Å². The molecule has 0 radical (unpaired) electrons. The summed E-state index contributed by atoms with van der Waals surface area (Å²) in [4.78, 5) is 10.2. The zero-order valence-electron chi connectivity index (χ0n) is 6.58. The molecule has 1 aliphatic heterocycles. The van der Waals surface area contributed by atoms with Gasteiger partial charge in [-0.05, 0) is 25.7 Å². The lowest BCUT2D eigenvalue weighted by Crippen LogP contribution is -2.36. The molecule has 0 aromatic rings. The van der Waals surface area contributed by atoms with Crippen LogP contribution >= 0.6 is 0 Å². The molecule has 1 fully saturated rings. The van der Waals surface area contributed by atoms with Gasteiger partial charge in [-0.25, -0.2) is 0 Å². The van der Waals surface area contributed by atoms with Crippen molar-refractivity contribution in [2.75, 3.05) is 6.54 Å². The van der Waals surface area contributed by atoms with Gasteiger partial charge < -0.3 is 0 Å². The maximum atomic E-state index is 10.2. The maximum absolute atomic E-state index is 10.2. The molecule has 0 bridgehead atoms. The van der Waals surface area contributed by atoms with E-state index in [4.69, 9.17) is 0 Å². The van der Waals surface area contributed by atoms with E-state index in [0.29, 0.717) is 12.0 Å². The third-order valence-electron chi connectivity index (χ3n) is 2.19. The molecular formula is C7H14N2O. The molecule has 1 saturated heterocycles. The zero-order chi connectivity index (χ0) is 7.56. The fourth-order valence-electron chi connectivity index (χ4n) is 1.38. The Morgan fingerprint density at radius 1 is 1.40 bits per heavy atom. The summed E-state index contributed by atoms with van der Waals surface area (Å²) in [6, 6.07) is 0.355. The summed E-state index contributed by atoms with van der Waals surface area (Å²) in [6.45, 7) is 5.04. The summed E-state index contributed by atoms with van der Waals surface area (Å²) in [5, 5.41) is 4.61. The minimum absolute atomic E-state index is 0.355. The first-order valence-electron chi connectivity index (χ1n) is 3.84. The molecular weight excluding hydrogens is 128 g/mol. The van der Waals surface area contributed by atoms with Crippen LogP contribution in [0.4, 0.5) is 0 Å². The number of rotatable bonds is 1. The molecule has 2 atom stereocenters. The summed E-state index contributed by atoms with van der Waals surface area (Å²) in [7, 11) is 0. The molecule has 0 saturated carbocycles. The van der Waals surface area contributed by atoms with Crippen molar-refractivity contribution >= 4 is 0 Å². The van der Waals surface area contributed by atoms with Crippen molar-refractivity contribution in [2.24, 2.45) is 11.2 Å². The Kier molecular flexibility index (Phi) is 2.25. The molecule has 3 nitrogen and oxygen atoms in total. The average Bonchev–Trinajstić information content (AvgIpc) is 1.94. The molecule has 0 aliphatic carbocycles. The lowest BCUT2D eigenvalue weighted by molar-refractivity contribution is 0.128. The topological polar surface area (TPSA) is 32.7 Å². The number of hydrogen-bond acceptors (Lipinski definition) is 2. The molecule has 0 spiro atoms. The van der Waals surface area contributed by atoms with Crippen molar-refractivity contribution in [3.8, 4) is 0 Å². The molecule has 0 amide bonds. The quantitative estimate of drug-likeness (QED) is 0.523. The van der Waals surface area contributed by atoms with Crippen LogP contribution in [0.2, 0.25) is 0 Å². The van der Waals surface area contributed by atoms with E-state index in [1.54, 1.807) is 5.01 Å². The normalized spacial score (nSPS) is 34.0. The Labute approximate surface area is 61.3 Å². The Morgan fingerprint density at radius 3 is 2.60 bits per heavy atom. The van der Waals surface area contributed by atoms with Gasteiger partial charge in [0.2, 0.25) is 0 Å². The van der Waals surface area contributed by atoms with Crippen molar-refractivity contribution in [1.82, 2.24) is 5.01 Å². The fourth-order valence-corrected chi connectivity index (χ4v) is 1.38. The maximum Gasteiger partial charge on any atom is 0.0526 e. The molecule has 3 heteroatoms. The number of nitrogens with zero attached hydrogens (tertiary/aromatic N) is 2. The van der Waals surface area contributed by atoms with E-state index < -0.39 is 0 Å². The van der Waals surface area contributed by atoms with Crippen LogP contribution < -0.4 is 0 Å². The lowest BCUT2D eigenvalue weighted by Gasteiger charge is -2.31. The summed E-state index contributed by atoms with van der Waals surface area (Å²) in [5.41, 5.74) is 0. The minimum atomic E-state index is 0.355. The van der Waals surface area contributed by atoms with Crippen LogP contribution in [0.1, 0.15) is 26.7 Å². The predicted molar refractivity (Wildman–Crippen MR) is 40.4 cm³/mol. The van der Waals surface area contributed by atoms with E-state index in [-0.39, 0.29) is 0 Å². The van der Waals surface area contributed by atoms with E-state index in [1.807, 2.05) is 6.92 Å². The average molecular weight is 142 g/mol. The van der Waals surface area contributed by atoms with Crippen molar-refractivity contribution in [2.45, 2.75) is 32.7 Å². The van der Waals surface area contributed by atoms with Crippen LogP contribution in [0.25, 0.3) is 0 Å². The number of nitroso groups, excluding NO2 is 1. The van der Waals surface area contributed by atoms with Crippen molar-refractivity contribution < 1.29 is 0 Å². The highest BCUT2D eigenvalue weighted by atomic mass is 16.3. The standard InChI is InChI=1S/C7H14N2O/c1-6-3-4-7(2)9(5-6)8-10/h6-7H,3-5H2,1-2H3. The van der Waals surface area contributed by atoms with Crippen LogP contribution in [0.5, 0.6) is 0 Å². The smallest absolute Gasteiger partial charge is 0.0526 e. The molecule has 58 valence electrons. The molecule has 1 aliphatic rings. The Hall–Kier alpha value is -0.600. The van der Waals surface area contributed by atoms with Crippen LogP contribution in [0.3, 0.4) is 0 Å². The molecule has 10 heavy (non-hydrogen) atoms. The van der Waals surface area contributed by atoms with Gasteiger partial charge in [0.25, 0.3) is 0 Å². The minimum Gasteiger partial charge on any atom is -0.258 e. The molecule has 0 aromatic carbocycles. The highest BCUT2D eigenvalue weighted by Gasteiger charge is 2.21. The van der Waals surface area contributed by atoms with Crippen molar-refractivity contribution in [1.29, 1.82) is 0 Å². The van der Waals surface area contributed by atoms with Gasteiger partial charge >= 0.3 is 0 Å². The molecule has 2 unspecified atom stereocenters. The first kappa shape index (κ1) is 7.51. The zero-order valence-corrected chi connectivity index (χ0v) is 6.58. The van der Waals surface area contributed by atoms with Gasteiger partial charge in [-0.1, -0.05) is 6.92 Å². The lowest BCUT2D eigenvalue weighted by atomic mass is 9.97. The highest BCUT2D eigenvalue weighted by Crippen LogP contribution is 2.20. The van der Waals surface area contributed by atoms with Gasteiger partial charge in [0.1, 0.15) is 0 Å². The molecule has 1 rings (SSSR count). The molecule has 1 heterocycles. The van der Waals surface area contributed by atoms with E-state index >= 15 is 0 Å².